The van der Waals surface area contributed by atoms with Crippen molar-refractivity contribution in [3.05, 3.63) is 82.8 Å². The molecule has 6 heteroatoms. The lowest BCUT2D eigenvalue weighted by Crippen LogP contribution is -1.97. The van der Waals surface area contributed by atoms with E-state index >= 15 is 0 Å². The summed E-state index contributed by atoms with van der Waals surface area (Å²) in [6.45, 7) is 0.168. The minimum absolute atomic E-state index is 0.168. The van der Waals surface area contributed by atoms with Gasteiger partial charge in [-0.2, -0.15) is 0 Å². The summed E-state index contributed by atoms with van der Waals surface area (Å²) >= 11 is 0. The number of rotatable bonds is 4. The van der Waals surface area contributed by atoms with E-state index < -0.39 is 5.63 Å². The van der Waals surface area contributed by atoms with Gasteiger partial charge in [0, 0.05) is 23.1 Å². The van der Waals surface area contributed by atoms with Crippen molar-refractivity contribution in [1.29, 1.82) is 0 Å². The molecule has 0 aliphatic rings. The highest BCUT2D eigenvalue weighted by Crippen LogP contribution is 2.22. The molecule has 0 saturated heterocycles. The lowest BCUT2D eigenvalue weighted by molar-refractivity contribution is 0.301. The molecule has 25 heavy (non-hydrogen) atoms. The number of ether oxygens (including phenoxy) is 1. The first kappa shape index (κ1) is 15.1. The molecule has 4 rings (SSSR count). The quantitative estimate of drug-likeness (QED) is 0.523. The van der Waals surface area contributed by atoms with Crippen LogP contribution in [0.3, 0.4) is 0 Å². The second kappa shape index (κ2) is 6.24. The Labute approximate surface area is 141 Å². The van der Waals surface area contributed by atoms with Crippen molar-refractivity contribution in [1.82, 2.24) is 4.98 Å². The maximum atomic E-state index is 13.3. The van der Waals surface area contributed by atoms with Crippen molar-refractivity contribution >= 4 is 11.0 Å². The molecule has 2 heterocycles. The van der Waals surface area contributed by atoms with E-state index in [-0.39, 0.29) is 12.4 Å². The van der Waals surface area contributed by atoms with Crippen molar-refractivity contribution in [3.63, 3.8) is 0 Å². The molecule has 5 nitrogen and oxygen atoms in total. The van der Waals surface area contributed by atoms with Gasteiger partial charge in [-0.3, -0.25) is 0 Å². The minimum atomic E-state index is -0.416. The summed E-state index contributed by atoms with van der Waals surface area (Å²) in [6.07, 6.45) is 1.46. The van der Waals surface area contributed by atoms with Gasteiger partial charge >= 0.3 is 5.63 Å². The van der Waals surface area contributed by atoms with E-state index in [0.717, 1.165) is 5.39 Å². The monoisotopic (exact) mass is 337 g/mol. The second-order valence-electron chi connectivity index (χ2n) is 5.40. The van der Waals surface area contributed by atoms with Crippen LogP contribution in [0.1, 0.15) is 5.69 Å². The predicted octanol–water partition coefficient (Wildman–Crippen LogP) is 4.17. The van der Waals surface area contributed by atoms with Gasteiger partial charge in [0.25, 0.3) is 0 Å². The van der Waals surface area contributed by atoms with Crippen LogP contribution in [0.25, 0.3) is 22.4 Å². The summed E-state index contributed by atoms with van der Waals surface area (Å²) in [4.78, 5) is 15.6. The average Bonchev–Trinajstić information content (AvgIpc) is 3.08. The molecule has 0 atom stereocenters. The summed E-state index contributed by atoms with van der Waals surface area (Å²) in [6, 6.07) is 14.3. The highest BCUT2D eigenvalue weighted by atomic mass is 19.1. The molecule has 4 aromatic rings. The summed E-state index contributed by atoms with van der Waals surface area (Å²) in [5.74, 6) is 0.505. The molecule has 0 amide bonds. The van der Waals surface area contributed by atoms with Crippen molar-refractivity contribution in [2.24, 2.45) is 0 Å². The normalized spacial score (nSPS) is 10.9. The Balaban J connectivity index is 1.51. The van der Waals surface area contributed by atoms with Crippen LogP contribution in [-0.4, -0.2) is 4.98 Å². The van der Waals surface area contributed by atoms with Crippen LogP contribution >= 0.6 is 0 Å². The van der Waals surface area contributed by atoms with Crippen molar-refractivity contribution < 1.29 is 18.0 Å². The van der Waals surface area contributed by atoms with E-state index in [2.05, 4.69) is 4.98 Å². The molecular weight excluding hydrogens is 325 g/mol. The fraction of sp³-hybridized carbons (Fsp3) is 0.0526. The fourth-order valence-corrected chi connectivity index (χ4v) is 2.42. The summed E-state index contributed by atoms with van der Waals surface area (Å²) in [5, 5.41) is 0.807. The number of hydrogen-bond donors (Lipinski definition) is 0. The molecule has 0 aliphatic carbocycles. The van der Waals surface area contributed by atoms with Gasteiger partial charge in [0.2, 0.25) is 5.89 Å². The van der Waals surface area contributed by atoms with Crippen LogP contribution in [0.4, 0.5) is 4.39 Å². The maximum Gasteiger partial charge on any atom is 0.336 e. The number of halogens is 1. The molecule has 0 unspecified atom stereocenters. The highest BCUT2D eigenvalue weighted by Gasteiger charge is 2.08. The Hall–Kier alpha value is -3.41. The largest absolute Gasteiger partial charge is 0.487 e. The van der Waals surface area contributed by atoms with Crippen LogP contribution in [-0.2, 0) is 6.61 Å². The number of oxazole rings is 1. The van der Waals surface area contributed by atoms with Crippen LogP contribution in [0.5, 0.6) is 5.75 Å². The molecule has 0 bridgehead atoms. The first-order chi connectivity index (χ1) is 12.2. The molecule has 0 fully saturated rings. The summed E-state index contributed by atoms with van der Waals surface area (Å²) in [7, 11) is 0. The summed E-state index contributed by atoms with van der Waals surface area (Å²) in [5.41, 5.74) is 1.15. The Bertz CT molecular complexity index is 1100. The topological polar surface area (TPSA) is 65.5 Å². The standard InChI is InChI=1S/C19H12FNO4/c20-14-3-1-2-13(8-14)19-21-15(11-24-19)10-23-16-6-4-12-5-7-18(22)25-17(12)9-16/h1-9,11H,10H2. The maximum absolute atomic E-state index is 13.3. The molecule has 0 aliphatic heterocycles. The third kappa shape index (κ3) is 3.28. The van der Waals surface area contributed by atoms with Gasteiger partial charge < -0.3 is 13.6 Å². The zero-order valence-corrected chi connectivity index (χ0v) is 12.9. The predicted molar refractivity (Wildman–Crippen MR) is 88.7 cm³/mol. The van der Waals surface area contributed by atoms with E-state index in [1.807, 2.05) is 0 Å². The van der Waals surface area contributed by atoms with Crippen LogP contribution in [0.2, 0.25) is 0 Å². The average molecular weight is 337 g/mol. The van der Waals surface area contributed by atoms with E-state index in [1.54, 1.807) is 36.4 Å². The van der Waals surface area contributed by atoms with Gasteiger partial charge in [0.15, 0.2) is 0 Å². The summed E-state index contributed by atoms with van der Waals surface area (Å²) < 4.78 is 29.4. The Morgan fingerprint density at radius 1 is 1.08 bits per heavy atom. The van der Waals surface area contributed by atoms with E-state index in [9.17, 15) is 9.18 Å². The zero-order chi connectivity index (χ0) is 17.2. The first-order valence-corrected chi connectivity index (χ1v) is 7.54. The zero-order valence-electron chi connectivity index (χ0n) is 12.9. The van der Waals surface area contributed by atoms with Gasteiger partial charge in [-0.15, -0.1) is 0 Å². The Morgan fingerprint density at radius 2 is 1.96 bits per heavy atom. The molecule has 2 aromatic carbocycles. The van der Waals surface area contributed by atoms with Gasteiger partial charge in [-0.25, -0.2) is 14.2 Å². The lowest BCUT2D eigenvalue weighted by atomic mass is 10.2. The smallest absolute Gasteiger partial charge is 0.336 e. The second-order valence-corrected chi connectivity index (χ2v) is 5.40. The van der Waals surface area contributed by atoms with Gasteiger partial charge in [0.05, 0.1) is 0 Å². The van der Waals surface area contributed by atoms with E-state index in [4.69, 9.17) is 13.6 Å². The third-order valence-corrected chi connectivity index (χ3v) is 3.60. The number of nitrogens with zero attached hydrogens (tertiary/aromatic N) is 1. The number of hydrogen-bond acceptors (Lipinski definition) is 5. The van der Waals surface area contributed by atoms with E-state index in [1.165, 1.54) is 24.5 Å². The van der Waals surface area contributed by atoms with Crippen LogP contribution in [0.15, 0.2) is 74.5 Å². The molecular formula is C19H12FNO4. The SMILES string of the molecule is O=c1ccc2ccc(OCc3coc(-c4cccc(F)c4)n3)cc2o1. The highest BCUT2D eigenvalue weighted by molar-refractivity contribution is 5.77. The number of benzene rings is 2. The van der Waals surface area contributed by atoms with Crippen molar-refractivity contribution in [2.45, 2.75) is 6.61 Å². The Morgan fingerprint density at radius 3 is 2.84 bits per heavy atom. The molecule has 0 saturated carbocycles. The minimum Gasteiger partial charge on any atom is -0.487 e. The third-order valence-electron chi connectivity index (χ3n) is 3.60. The van der Waals surface area contributed by atoms with Gasteiger partial charge in [-0.05, 0) is 36.4 Å². The van der Waals surface area contributed by atoms with Crippen molar-refractivity contribution in [3.8, 4) is 17.2 Å². The molecule has 0 N–H and O–H groups in total. The fourth-order valence-electron chi connectivity index (χ4n) is 2.42. The van der Waals surface area contributed by atoms with Crippen molar-refractivity contribution in [2.75, 3.05) is 0 Å². The molecule has 0 spiro atoms. The molecule has 2 aromatic heterocycles. The van der Waals surface area contributed by atoms with Gasteiger partial charge in [-0.1, -0.05) is 6.07 Å². The Kier molecular flexibility index (Phi) is 3.78. The van der Waals surface area contributed by atoms with E-state index in [0.29, 0.717) is 28.5 Å². The molecule has 0 radical (unpaired) electrons. The van der Waals surface area contributed by atoms with Gasteiger partial charge in [0.1, 0.15) is 35.7 Å². The number of fused-ring (bicyclic) bond motifs is 1. The number of aromatic nitrogens is 1. The van der Waals surface area contributed by atoms with Crippen LogP contribution < -0.4 is 10.4 Å². The first-order valence-electron chi connectivity index (χ1n) is 7.54. The lowest BCUT2D eigenvalue weighted by Gasteiger charge is -2.04. The molecule has 124 valence electrons. The van der Waals surface area contributed by atoms with Crippen LogP contribution in [0, 0.1) is 5.82 Å².